The molecule has 2 saturated carbocycles. The second kappa shape index (κ2) is 9.33. The molecule has 3 aliphatic carbocycles. The van der Waals surface area contributed by atoms with Gasteiger partial charge in [-0.2, -0.15) is 0 Å². The van der Waals surface area contributed by atoms with Gasteiger partial charge in [0.1, 0.15) is 5.69 Å². The minimum absolute atomic E-state index is 0.0696. The Kier molecular flexibility index (Phi) is 6.38. The first-order chi connectivity index (χ1) is 16.7. The van der Waals surface area contributed by atoms with Crippen LogP contribution in [0.5, 0.6) is 11.5 Å². The Hall–Kier alpha value is -2.81. The maximum Gasteiger partial charge on any atom is 0.269 e. The van der Waals surface area contributed by atoms with Crippen LogP contribution < -0.4 is 14.2 Å². The Labute approximate surface area is 206 Å². The van der Waals surface area contributed by atoms with Gasteiger partial charge in [-0.3, -0.25) is 4.79 Å². The lowest BCUT2D eigenvalue weighted by atomic mass is 9.94. The van der Waals surface area contributed by atoms with Crippen molar-refractivity contribution in [3.8, 4) is 11.5 Å². The predicted molar refractivity (Wildman–Crippen MR) is 129 cm³/mol. The number of aryl methyl sites for hydroxylation is 2. The summed E-state index contributed by atoms with van der Waals surface area (Å²) in [5.74, 6) is 2.12. The molecule has 0 bridgehead atoms. The minimum atomic E-state index is -4.04. The number of hydrogen-bond donors (Lipinski definition) is 1. The van der Waals surface area contributed by atoms with E-state index in [0.717, 1.165) is 37.2 Å². The van der Waals surface area contributed by atoms with Crippen LogP contribution in [0.25, 0.3) is 0 Å². The largest absolute Gasteiger partial charge is 0.493 e. The molecule has 0 spiro atoms. The molecule has 188 valence electrons. The Bertz CT molecular complexity index is 1240. The minimum Gasteiger partial charge on any atom is -0.493 e. The molecule has 1 amide bonds. The predicted octanol–water partition coefficient (Wildman–Crippen LogP) is 4.57. The Balaban J connectivity index is 1.26. The molecule has 9 heteroatoms. The van der Waals surface area contributed by atoms with E-state index in [-0.39, 0.29) is 28.4 Å². The van der Waals surface area contributed by atoms with Gasteiger partial charge in [-0.1, -0.05) is 17.3 Å². The molecule has 0 aliphatic heterocycles. The number of nitrogens with one attached hydrogen (secondary N) is 1. The van der Waals surface area contributed by atoms with Crippen LogP contribution in [-0.2, 0) is 14.8 Å². The molecule has 2 fully saturated rings. The summed E-state index contributed by atoms with van der Waals surface area (Å²) in [5, 5.41) is 3.68. The van der Waals surface area contributed by atoms with Gasteiger partial charge in [-0.05, 0) is 94.2 Å². The fourth-order valence-electron chi connectivity index (χ4n) is 5.97. The maximum absolute atomic E-state index is 12.8. The topological polar surface area (TPSA) is 108 Å². The summed E-state index contributed by atoms with van der Waals surface area (Å²) in [4.78, 5) is 12.7. The first kappa shape index (κ1) is 23.9. The zero-order chi connectivity index (χ0) is 24.7. The Morgan fingerprint density at radius 3 is 2.57 bits per heavy atom. The molecule has 0 unspecified atom stereocenters. The van der Waals surface area contributed by atoms with Crippen LogP contribution in [0.3, 0.4) is 0 Å². The number of ether oxygens (including phenoxy) is 2. The van der Waals surface area contributed by atoms with Gasteiger partial charge in [0.25, 0.3) is 15.9 Å². The Morgan fingerprint density at radius 1 is 1.14 bits per heavy atom. The van der Waals surface area contributed by atoms with E-state index in [1.807, 2.05) is 12.1 Å². The molecule has 3 atom stereocenters. The summed E-state index contributed by atoms with van der Waals surface area (Å²) in [6.45, 7) is 3.06. The number of benzene rings is 1. The normalized spacial score (nSPS) is 24.3. The monoisotopic (exact) mass is 500 g/mol. The van der Waals surface area contributed by atoms with Crippen molar-refractivity contribution < 1.29 is 27.2 Å². The van der Waals surface area contributed by atoms with Crippen LogP contribution in [-0.4, -0.2) is 32.7 Å². The quantitative estimate of drug-likeness (QED) is 0.593. The first-order valence-electron chi connectivity index (χ1n) is 12.3. The van der Waals surface area contributed by atoms with Crippen molar-refractivity contribution in [3.05, 3.63) is 46.9 Å². The SMILES string of the molecule is COc1ccc([C@@H]2C[C@H]3CC(C(=O)NS(=O)(=O)c4c(C)noc4C)=C[C@H]3C2)cc1OC1CCCC1. The highest BCUT2D eigenvalue weighted by molar-refractivity contribution is 7.90. The van der Waals surface area contributed by atoms with Crippen molar-refractivity contribution in [3.63, 3.8) is 0 Å². The van der Waals surface area contributed by atoms with E-state index >= 15 is 0 Å². The molecule has 0 radical (unpaired) electrons. The summed E-state index contributed by atoms with van der Waals surface area (Å²) in [6, 6.07) is 6.22. The molecule has 1 N–H and O–H groups in total. The third-order valence-electron chi connectivity index (χ3n) is 7.66. The number of sulfonamides is 1. The number of hydrogen-bond acceptors (Lipinski definition) is 7. The van der Waals surface area contributed by atoms with Crippen LogP contribution in [0.15, 0.2) is 39.3 Å². The second-order valence-electron chi connectivity index (χ2n) is 10.0. The van der Waals surface area contributed by atoms with E-state index in [4.69, 9.17) is 14.0 Å². The summed E-state index contributed by atoms with van der Waals surface area (Å²) >= 11 is 0. The summed E-state index contributed by atoms with van der Waals surface area (Å²) in [6.07, 6.45) is 9.25. The molecular formula is C26H32N2O6S. The van der Waals surface area contributed by atoms with Gasteiger partial charge in [0.05, 0.1) is 13.2 Å². The molecule has 2 aromatic rings. The van der Waals surface area contributed by atoms with E-state index in [2.05, 4.69) is 22.0 Å². The van der Waals surface area contributed by atoms with Crippen molar-refractivity contribution in [1.82, 2.24) is 9.88 Å². The maximum atomic E-state index is 12.8. The average Bonchev–Trinajstić information content (AvgIpc) is 3.58. The number of allylic oxidation sites excluding steroid dienone is 1. The van der Waals surface area contributed by atoms with Crippen molar-refractivity contribution in [2.75, 3.05) is 7.11 Å². The molecule has 1 heterocycles. The molecule has 8 nitrogen and oxygen atoms in total. The van der Waals surface area contributed by atoms with Crippen molar-refractivity contribution >= 4 is 15.9 Å². The van der Waals surface area contributed by atoms with Gasteiger partial charge < -0.3 is 14.0 Å². The molecule has 1 aromatic carbocycles. The fraction of sp³-hybridized carbons (Fsp3) is 0.538. The standard InChI is InChI=1S/C26H32N2O6S/c1-15-25(16(2)34-27-15)35(30,31)28-26(29)21-12-19-10-18(11-20(19)13-21)17-8-9-23(32-3)24(14-17)33-22-6-4-5-7-22/h8-9,12,14,18-20,22H,4-7,10-11,13H2,1-3H3,(H,28,29)/t18-,19+,20-/m0/s1. The van der Waals surface area contributed by atoms with Crippen molar-refractivity contribution in [2.24, 2.45) is 11.8 Å². The average molecular weight is 501 g/mol. The van der Waals surface area contributed by atoms with Gasteiger partial charge in [-0.25, -0.2) is 13.1 Å². The highest BCUT2D eigenvalue weighted by atomic mass is 32.2. The highest BCUT2D eigenvalue weighted by Crippen LogP contribution is 2.50. The fourth-order valence-corrected chi connectivity index (χ4v) is 7.29. The van der Waals surface area contributed by atoms with Gasteiger partial charge in [0, 0.05) is 5.57 Å². The number of fused-ring (bicyclic) bond motifs is 1. The number of carbonyl (C=O) groups is 1. The highest BCUT2D eigenvalue weighted by Gasteiger charge is 2.40. The summed E-state index contributed by atoms with van der Waals surface area (Å²) in [7, 11) is -2.37. The summed E-state index contributed by atoms with van der Waals surface area (Å²) in [5.41, 5.74) is 2.00. The third kappa shape index (κ3) is 4.70. The molecule has 1 aromatic heterocycles. The van der Waals surface area contributed by atoms with Crippen molar-refractivity contribution in [1.29, 1.82) is 0 Å². The zero-order valence-electron chi connectivity index (χ0n) is 20.4. The van der Waals surface area contributed by atoms with Gasteiger partial charge in [0.2, 0.25) is 0 Å². The lowest BCUT2D eigenvalue weighted by Crippen LogP contribution is -2.32. The van der Waals surface area contributed by atoms with E-state index < -0.39 is 15.9 Å². The van der Waals surface area contributed by atoms with Gasteiger partial charge in [0.15, 0.2) is 22.2 Å². The smallest absolute Gasteiger partial charge is 0.269 e. The molecular weight excluding hydrogens is 468 g/mol. The second-order valence-corrected chi connectivity index (χ2v) is 11.6. The van der Waals surface area contributed by atoms with Gasteiger partial charge in [-0.15, -0.1) is 0 Å². The van der Waals surface area contributed by atoms with Gasteiger partial charge >= 0.3 is 0 Å². The molecule has 35 heavy (non-hydrogen) atoms. The van der Waals surface area contributed by atoms with E-state index in [0.29, 0.717) is 23.8 Å². The van der Waals surface area contributed by atoms with Crippen LogP contribution in [0.1, 0.15) is 67.9 Å². The number of carbonyl (C=O) groups excluding carboxylic acids is 1. The molecule has 3 aliphatic rings. The number of aromatic nitrogens is 1. The van der Waals surface area contributed by atoms with E-state index in [1.165, 1.54) is 32.3 Å². The number of amides is 1. The number of methoxy groups -OCH3 is 1. The van der Waals surface area contributed by atoms with Crippen LogP contribution in [0.4, 0.5) is 0 Å². The lowest BCUT2D eigenvalue weighted by Gasteiger charge is -2.19. The number of nitrogens with zero attached hydrogens (tertiary/aromatic N) is 1. The van der Waals surface area contributed by atoms with Crippen LogP contribution >= 0.6 is 0 Å². The van der Waals surface area contributed by atoms with E-state index in [9.17, 15) is 13.2 Å². The van der Waals surface area contributed by atoms with Crippen molar-refractivity contribution in [2.45, 2.75) is 75.7 Å². The lowest BCUT2D eigenvalue weighted by molar-refractivity contribution is -0.116. The Morgan fingerprint density at radius 2 is 1.91 bits per heavy atom. The summed E-state index contributed by atoms with van der Waals surface area (Å²) < 4.78 is 44.4. The zero-order valence-corrected chi connectivity index (χ0v) is 21.2. The van der Waals surface area contributed by atoms with Crippen LogP contribution in [0, 0.1) is 25.7 Å². The number of rotatable bonds is 7. The molecule has 5 rings (SSSR count). The molecule has 0 saturated heterocycles. The third-order valence-corrected chi connectivity index (χ3v) is 9.23. The first-order valence-corrected chi connectivity index (χ1v) is 13.8. The van der Waals surface area contributed by atoms with E-state index in [1.54, 1.807) is 7.11 Å². The van der Waals surface area contributed by atoms with Crippen LogP contribution in [0.2, 0.25) is 0 Å².